The molecule has 0 radical (unpaired) electrons. The molecule has 20 heavy (non-hydrogen) atoms. The lowest BCUT2D eigenvalue weighted by atomic mass is 9.79. The van der Waals surface area contributed by atoms with E-state index >= 15 is 0 Å². The van der Waals surface area contributed by atoms with Crippen molar-refractivity contribution in [2.75, 3.05) is 11.9 Å². The van der Waals surface area contributed by atoms with Crippen LogP contribution in [0, 0.1) is 5.92 Å². The minimum Gasteiger partial charge on any atom is -0.388 e. The number of urea groups is 1. The number of carbonyl (C=O) groups is 1. The second-order valence-corrected chi connectivity index (χ2v) is 6.18. The van der Waals surface area contributed by atoms with Crippen molar-refractivity contribution in [3.63, 3.8) is 0 Å². The standard InChI is InChI=1S/C15H21ClN2O2/c1-11-4-3-7-15(20,9-11)10-17-14(19)18-13-6-2-5-12(16)8-13/h2,5-6,8,11,20H,3-4,7,9-10H2,1H3,(H2,17,18,19). The van der Waals surface area contributed by atoms with E-state index in [1.807, 2.05) is 0 Å². The van der Waals surface area contributed by atoms with Crippen LogP contribution < -0.4 is 10.6 Å². The largest absolute Gasteiger partial charge is 0.388 e. The molecular weight excluding hydrogens is 276 g/mol. The molecule has 0 saturated heterocycles. The molecule has 0 spiro atoms. The lowest BCUT2D eigenvalue weighted by molar-refractivity contribution is -0.00920. The highest BCUT2D eigenvalue weighted by atomic mass is 35.5. The molecule has 1 fully saturated rings. The molecule has 1 aliphatic rings. The maximum Gasteiger partial charge on any atom is 0.319 e. The van der Waals surface area contributed by atoms with Gasteiger partial charge in [-0.2, -0.15) is 0 Å². The van der Waals surface area contributed by atoms with E-state index in [1.54, 1.807) is 24.3 Å². The van der Waals surface area contributed by atoms with Gasteiger partial charge in [-0.25, -0.2) is 4.79 Å². The van der Waals surface area contributed by atoms with Crippen molar-refractivity contribution in [2.45, 2.75) is 38.2 Å². The number of amides is 2. The van der Waals surface area contributed by atoms with Crippen molar-refractivity contribution in [3.05, 3.63) is 29.3 Å². The first-order valence-corrected chi connectivity index (χ1v) is 7.37. The average Bonchev–Trinajstić information content (AvgIpc) is 2.36. The van der Waals surface area contributed by atoms with Crippen LogP contribution in [0.4, 0.5) is 10.5 Å². The van der Waals surface area contributed by atoms with Crippen LogP contribution in [0.1, 0.15) is 32.6 Å². The fraction of sp³-hybridized carbons (Fsp3) is 0.533. The second kappa shape index (κ2) is 6.46. The maximum absolute atomic E-state index is 11.8. The minimum absolute atomic E-state index is 0.281. The predicted octanol–water partition coefficient (Wildman–Crippen LogP) is 3.40. The number of aliphatic hydroxyl groups is 1. The Labute approximate surface area is 124 Å². The van der Waals surface area contributed by atoms with Crippen LogP contribution in [-0.2, 0) is 0 Å². The minimum atomic E-state index is -0.774. The predicted molar refractivity (Wildman–Crippen MR) is 81.1 cm³/mol. The van der Waals surface area contributed by atoms with E-state index in [2.05, 4.69) is 17.6 Å². The van der Waals surface area contributed by atoms with Crippen LogP contribution >= 0.6 is 11.6 Å². The summed E-state index contributed by atoms with van der Waals surface area (Å²) in [6.45, 7) is 2.42. The number of benzene rings is 1. The zero-order valence-corrected chi connectivity index (χ0v) is 12.4. The number of nitrogens with one attached hydrogen (secondary N) is 2. The molecule has 0 aliphatic heterocycles. The summed E-state index contributed by atoms with van der Waals surface area (Å²) in [4.78, 5) is 11.8. The van der Waals surface area contributed by atoms with Gasteiger partial charge in [0.15, 0.2) is 0 Å². The Hall–Kier alpha value is -1.26. The van der Waals surface area contributed by atoms with Gasteiger partial charge in [0.2, 0.25) is 0 Å². The molecule has 1 aromatic rings. The quantitative estimate of drug-likeness (QED) is 0.800. The van der Waals surface area contributed by atoms with Gasteiger partial charge in [0.05, 0.1) is 5.60 Å². The van der Waals surface area contributed by atoms with Crippen molar-refractivity contribution >= 4 is 23.3 Å². The molecule has 2 unspecified atom stereocenters. The van der Waals surface area contributed by atoms with Gasteiger partial charge >= 0.3 is 6.03 Å². The zero-order chi connectivity index (χ0) is 14.6. The molecule has 110 valence electrons. The molecule has 2 atom stereocenters. The first kappa shape index (κ1) is 15.1. The summed E-state index contributed by atoms with van der Waals surface area (Å²) in [6.07, 6.45) is 3.64. The number of anilines is 1. The van der Waals surface area contributed by atoms with Gasteiger partial charge in [0.1, 0.15) is 0 Å². The number of halogens is 1. The Kier molecular flexibility index (Phi) is 4.89. The summed E-state index contributed by atoms with van der Waals surface area (Å²) in [7, 11) is 0. The van der Waals surface area contributed by atoms with Crippen molar-refractivity contribution in [2.24, 2.45) is 5.92 Å². The van der Waals surface area contributed by atoms with E-state index in [0.29, 0.717) is 16.6 Å². The Morgan fingerprint density at radius 1 is 1.55 bits per heavy atom. The number of hydrogen-bond donors (Lipinski definition) is 3. The fourth-order valence-corrected chi connectivity index (χ4v) is 2.97. The Balaban J connectivity index is 1.83. The van der Waals surface area contributed by atoms with Crippen LogP contribution in [0.25, 0.3) is 0 Å². The molecule has 3 N–H and O–H groups in total. The fourth-order valence-electron chi connectivity index (χ4n) is 2.78. The third kappa shape index (κ3) is 4.39. The molecule has 4 nitrogen and oxygen atoms in total. The summed E-state index contributed by atoms with van der Waals surface area (Å²) in [5, 5.41) is 16.5. The van der Waals surface area contributed by atoms with Gasteiger partial charge in [-0.15, -0.1) is 0 Å². The molecule has 0 heterocycles. The zero-order valence-electron chi connectivity index (χ0n) is 11.7. The Morgan fingerprint density at radius 3 is 3.05 bits per heavy atom. The highest BCUT2D eigenvalue weighted by molar-refractivity contribution is 6.30. The van der Waals surface area contributed by atoms with E-state index in [-0.39, 0.29) is 12.6 Å². The summed E-state index contributed by atoms with van der Waals surface area (Å²) < 4.78 is 0. The van der Waals surface area contributed by atoms with Crippen LogP contribution in [0.5, 0.6) is 0 Å². The lowest BCUT2D eigenvalue weighted by Gasteiger charge is -2.35. The van der Waals surface area contributed by atoms with E-state index in [4.69, 9.17) is 11.6 Å². The van der Waals surface area contributed by atoms with Crippen LogP contribution in [-0.4, -0.2) is 23.3 Å². The summed E-state index contributed by atoms with van der Waals surface area (Å²) >= 11 is 5.85. The van der Waals surface area contributed by atoms with E-state index in [9.17, 15) is 9.90 Å². The highest BCUT2D eigenvalue weighted by Crippen LogP contribution is 2.31. The third-order valence-corrected chi connectivity index (χ3v) is 3.96. The highest BCUT2D eigenvalue weighted by Gasteiger charge is 2.32. The van der Waals surface area contributed by atoms with Gasteiger partial charge in [-0.1, -0.05) is 37.4 Å². The van der Waals surface area contributed by atoms with Gasteiger partial charge in [0.25, 0.3) is 0 Å². The normalized spacial score (nSPS) is 26.1. The SMILES string of the molecule is CC1CCCC(O)(CNC(=O)Nc2cccc(Cl)c2)C1. The van der Waals surface area contributed by atoms with Crippen molar-refractivity contribution in [1.29, 1.82) is 0 Å². The number of carbonyl (C=O) groups excluding carboxylic acids is 1. The third-order valence-electron chi connectivity index (χ3n) is 3.73. The molecule has 1 aromatic carbocycles. The summed E-state index contributed by atoms with van der Waals surface area (Å²) in [5.41, 5.74) is -0.136. The van der Waals surface area contributed by atoms with Gasteiger partial charge in [-0.05, 0) is 37.0 Å². The lowest BCUT2D eigenvalue weighted by Crippen LogP contribution is -2.46. The number of hydrogen-bond acceptors (Lipinski definition) is 2. The van der Waals surface area contributed by atoms with Gasteiger partial charge in [0, 0.05) is 17.3 Å². The van der Waals surface area contributed by atoms with Gasteiger partial charge < -0.3 is 15.7 Å². The first-order valence-electron chi connectivity index (χ1n) is 7.00. The maximum atomic E-state index is 11.8. The molecule has 5 heteroatoms. The van der Waals surface area contributed by atoms with Crippen LogP contribution in [0.2, 0.25) is 5.02 Å². The smallest absolute Gasteiger partial charge is 0.319 e. The summed E-state index contributed by atoms with van der Waals surface area (Å²) in [5.74, 6) is 0.506. The summed E-state index contributed by atoms with van der Waals surface area (Å²) in [6, 6.07) is 6.64. The molecule has 1 aliphatic carbocycles. The number of rotatable bonds is 3. The molecule has 2 amide bonds. The molecular formula is C15H21ClN2O2. The van der Waals surface area contributed by atoms with E-state index < -0.39 is 5.60 Å². The van der Waals surface area contributed by atoms with E-state index in [1.165, 1.54) is 0 Å². The Bertz CT molecular complexity index is 481. The van der Waals surface area contributed by atoms with Crippen molar-refractivity contribution in [3.8, 4) is 0 Å². The average molecular weight is 297 g/mol. The molecule has 0 bridgehead atoms. The van der Waals surface area contributed by atoms with Crippen molar-refractivity contribution < 1.29 is 9.90 Å². The molecule has 2 rings (SSSR count). The molecule has 1 saturated carbocycles. The monoisotopic (exact) mass is 296 g/mol. The van der Waals surface area contributed by atoms with Crippen LogP contribution in [0.3, 0.4) is 0 Å². The first-order chi connectivity index (χ1) is 9.47. The van der Waals surface area contributed by atoms with E-state index in [0.717, 1.165) is 25.7 Å². The second-order valence-electron chi connectivity index (χ2n) is 5.74. The molecule has 0 aromatic heterocycles. The van der Waals surface area contributed by atoms with Crippen LogP contribution in [0.15, 0.2) is 24.3 Å². The van der Waals surface area contributed by atoms with Crippen molar-refractivity contribution in [1.82, 2.24) is 5.32 Å². The van der Waals surface area contributed by atoms with Gasteiger partial charge in [-0.3, -0.25) is 0 Å². The Morgan fingerprint density at radius 2 is 2.35 bits per heavy atom. The topological polar surface area (TPSA) is 61.4 Å².